The van der Waals surface area contributed by atoms with Gasteiger partial charge in [0.2, 0.25) is 0 Å². The molecule has 0 bridgehead atoms. The largest absolute Gasteiger partial charge is 0.427 e. The molecule has 0 amide bonds. The third-order valence-corrected chi connectivity index (χ3v) is 2.19. The molecule has 4 heteroatoms. The topological polar surface area (TPSA) is 43.4 Å². The van der Waals surface area contributed by atoms with Gasteiger partial charge in [0.1, 0.15) is 5.75 Å². The quantitative estimate of drug-likeness (QED) is 0.480. The summed E-state index contributed by atoms with van der Waals surface area (Å²) in [6.45, 7) is 1.36. The van der Waals surface area contributed by atoms with Gasteiger partial charge in [0.25, 0.3) is 0 Å². The number of esters is 1. The van der Waals surface area contributed by atoms with Gasteiger partial charge in [-0.2, -0.15) is 0 Å². The van der Waals surface area contributed by atoms with Crippen LogP contribution in [0.15, 0.2) is 24.3 Å². The third kappa shape index (κ3) is 4.74. The van der Waals surface area contributed by atoms with Gasteiger partial charge in [-0.25, -0.2) is 0 Å². The van der Waals surface area contributed by atoms with Crippen LogP contribution >= 0.6 is 15.9 Å². The third-order valence-electron chi connectivity index (χ3n) is 1.80. The predicted octanol–water partition coefficient (Wildman–Crippen LogP) is 2.47. The van der Waals surface area contributed by atoms with Crippen LogP contribution in [0, 0.1) is 0 Å². The van der Waals surface area contributed by atoms with Gasteiger partial charge in [-0.05, 0) is 40.0 Å². The summed E-state index contributed by atoms with van der Waals surface area (Å²) in [5.74, 6) is 0.190. The number of aryl methyl sites for hydroxylation is 1. The number of benzene rings is 1. The normalized spacial score (nSPS) is 9.73. The van der Waals surface area contributed by atoms with Crippen molar-refractivity contribution in [3.05, 3.63) is 29.8 Å². The van der Waals surface area contributed by atoms with Crippen molar-refractivity contribution in [1.82, 2.24) is 0 Å². The van der Waals surface area contributed by atoms with Crippen molar-refractivity contribution >= 4 is 26.6 Å². The lowest BCUT2D eigenvalue weighted by Gasteiger charge is -2.02. The summed E-state index contributed by atoms with van der Waals surface area (Å²) in [7, 11) is 0. The van der Waals surface area contributed by atoms with E-state index in [1.807, 2.05) is 12.1 Å². The van der Waals surface area contributed by atoms with Gasteiger partial charge in [-0.3, -0.25) is 9.59 Å². The van der Waals surface area contributed by atoms with Gasteiger partial charge in [0, 0.05) is 13.3 Å². The van der Waals surface area contributed by atoms with Crippen LogP contribution in [0.3, 0.4) is 0 Å². The molecule has 1 aromatic carbocycles. The zero-order valence-corrected chi connectivity index (χ0v) is 9.91. The Morgan fingerprint density at radius 2 is 1.87 bits per heavy atom. The second-order valence-electron chi connectivity index (χ2n) is 3.09. The minimum atomic E-state index is -0.335. The van der Waals surface area contributed by atoms with Crippen molar-refractivity contribution in [2.24, 2.45) is 0 Å². The molecule has 1 aromatic rings. The minimum Gasteiger partial charge on any atom is -0.427 e. The highest BCUT2D eigenvalue weighted by molar-refractivity contribution is 9.18. The van der Waals surface area contributed by atoms with Crippen LogP contribution in [0.25, 0.3) is 0 Å². The first kappa shape index (κ1) is 11.9. The van der Waals surface area contributed by atoms with E-state index in [2.05, 4.69) is 15.9 Å². The average molecular weight is 271 g/mol. The first-order chi connectivity index (χ1) is 7.08. The van der Waals surface area contributed by atoms with Crippen molar-refractivity contribution in [2.45, 2.75) is 19.8 Å². The SMILES string of the molecule is CC(=O)Oc1ccc(CCC(=O)Br)cc1. The summed E-state index contributed by atoms with van der Waals surface area (Å²) in [4.78, 5) is 21.3. The first-order valence-corrected chi connectivity index (χ1v) is 5.33. The molecule has 0 unspecified atom stereocenters. The van der Waals surface area contributed by atoms with Crippen LogP contribution < -0.4 is 4.74 Å². The zero-order chi connectivity index (χ0) is 11.3. The Labute approximate surface area is 96.6 Å². The lowest BCUT2D eigenvalue weighted by atomic mass is 10.1. The predicted molar refractivity (Wildman–Crippen MR) is 60.0 cm³/mol. The summed E-state index contributed by atoms with van der Waals surface area (Å²) in [6, 6.07) is 7.12. The van der Waals surface area contributed by atoms with Crippen LogP contribution in [0.2, 0.25) is 0 Å². The van der Waals surface area contributed by atoms with E-state index in [-0.39, 0.29) is 10.7 Å². The van der Waals surface area contributed by atoms with E-state index in [0.29, 0.717) is 18.6 Å². The fourth-order valence-electron chi connectivity index (χ4n) is 1.13. The molecule has 0 atom stereocenters. The van der Waals surface area contributed by atoms with Gasteiger partial charge in [-0.15, -0.1) is 0 Å². The van der Waals surface area contributed by atoms with Crippen LogP contribution in [0.1, 0.15) is 18.9 Å². The number of hydrogen-bond donors (Lipinski definition) is 0. The number of ether oxygens (including phenoxy) is 1. The van der Waals surface area contributed by atoms with Gasteiger partial charge in [-0.1, -0.05) is 12.1 Å². The fourth-order valence-corrected chi connectivity index (χ4v) is 1.33. The summed E-state index contributed by atoms with van der Waals surface area (Å²) < 4.78 is 4.87. The molecule has 0 spiro atoms. The summed E-state index contributed by atoms with van der Waals surface area (Å²) >= 11 is 2.87. The first-order valence-electron chi connectivity index (χ1n) is 4.53. The Hall–Kier alpha value is -1.16. The molecule has 3 nitrogen and oxygen atoms in total. The fraction of sp³-hybridized carbons (Fsp3) is 0.273. The van der Waals surface area contributed by atoms with Crippen molar-refractivity contribution in [3.8, 4) is 5.75 Å². The average Bonchev–Trinajstić information content (AvgIpc) is 2.16. The van der Waals surface area contributed by atoms with Crippen molar-refractivity contribution in [2.75, 3.05) is 0 Å². The molecular weight excluding hydrogens is 260 g/mol. The van der Waals surface area contributed by atoms with Crippen LogP contribution in [0.4, 0.5) is 0 Å². The van der Waals surface area contributed by atoms with Crippen LogP contribution in [-0.2, 0) is 16.0 Å². The van der Waals surface area contributed by atoms with Crippen molar-refractivity contribution in [1.29, 1.82) is 0 Å². The molecule has 0 saturated carbocycles. The van der Waals surface area contributed by atoms with Gasteiger partial charge < -0.3 is 4.74 Å². The molecule has 0 radical (unpaired) electrons. The monoisotopic (exact) mass is 270 g/mol. The second-order valence-corrected chi connectivity index (χ2v) is 3.98. The van der Waals surface area contributed by atoms with E-state index in [9.17, 15) is 9.59 Å². The Morgan fingerprint density at radius 1 is 1.27 bits per heavy atom. The van der Waals surface area contributed by atoms with Crippen LogP contribution in [0.5, 0.6) is 5.75 Å². The molecule has 0 aliphatic rings. The summed E-state index contributed by atoms with van der Waals surface area (Å²) in [6.07, 6.45) is 1.15. The van der Waals surface area contributed by atoms with E-state index in [1.165, 1.54) is 6.92 Å². The molecule has 80 valence electrons. The molecular formula is C11H11BrO3. The summed E-state index contributed by atoms with van der Waals surface area (Å²) in [5, 5.41) is 0. The lowest BCUT2D eigenvalue weighted by molar-refractivity contribution is -0.131. The number of carbonyl (C=O) groups excluding carboxylic acids is 2. The van der Waals surface area contributed by atoms with E-state index in [1.54, 1.807) is 12.1 Å². The summed E-state index contributed by atoms with van der Waals surface area (Å²) in [5.41, 5.74) is 1.04. The highest BCUT2D eigenvalue weighted by atomic mass is 79.9. The number of halogens is 1. The van der Waals surface area contributed by atoms with E-state index in [0.717, 1.165) is 5.56 Å². The number of hydrogen-bond acceptors (Lipinski definition) is 3. The second kappa shape index (κ2) is 5.66. The Kier molecular flexibility index (Phi) is 4.49. The molecule has 0 aliphatic heterocycles. The van der Waals surface area contributed by atoms with E-state index in [4.69, 9.17) is 4.74 Å². The molecule has 0 saturated heterocycles. The molecule has 0 heterocycles. The highest BCUT2D eigenvalue weighted by Gasteiger charge is 2.00. The van der Waals surface area contributed by atoms with Gasteiger partial charge in [0.05, 0.1) is 0 Å². The Bertz CT molecular complexity index is 357. The maximum atomic E-state index is 10.7. The molecule has 15 heavy (non-hydrogen) atoms. The van der Waals surface area contributed by atoms with E-state index < -0.39 is 0 Å². The molecule has 1 rings (SSSR count). The molecule has 0 aromatic heterocycles. The van der Waals surface area contributed by atoms with Crippen molar-refractivity contribution in [3.63, 3.8) is 0 Å². The van der Waals surface area contributed by atoms with Crippen molar-refractivity contribution < 1.29 is 14.3 Å². The zero-order valence-electron chi connectivity index (χ0n) is 8.33. The van der Waals surface area contributed by atoms with Gasteiger partial charge in [0.15, 0.2) is 4.69 Å². The maximum Gasteiger partial charge on any atom is 0.308 e. The standard InChI is InChI=1S/C11H11BrO3/c1-8(13)15-10-5-2-9(3-6-10)4-7-11(12)14/h2-3,5-6H,4,7H2,1H3. The lowest BCUT2D eigenvalue weighted by Crippen LogP contribution is -2.01. The molecule has 0 fully saturated rings. The molecule has 0 aliphatic carbocycles. The van der Waals surface area contributed by atoms with Crippen LogP contribution in [-0.4, -0.2) is 10.7 Å². The Balaban J connectivity index is 2.56. The van der Waals surface area contributed by atoms with Gasteiger partial charge >= 0.3 is 5.97 Å². The molecule has 0 N–H and O–H groups in total. The number of carbonyl (C=O) groups is 2. The highest BCUT2D eigenvalue weighted by Crippen LogP contribution is 2.14. The van der Waals surface area contributed by atoms with E-state index >= 15 is 0 Å². The smallest absolute Gasteiger partial charge is 0.308 e. The number of rotatable bonds is 4. The Morgan fingerprint density at radius 3 is 2.33 bits per heavy atom. The maximum absolute atomic E-state index is 10.7. The minimum absolute atomic E-state index is 0.00781.